The Hall–Kier alpha value is -1.62. The van der Waals surface area contributed by atoms with Gasteiger partial charge in [0.1, 0.15) is 0 Å². The van der Waals surface area contributed by atoms with Gasteiger partial charge in [-0.2, -0.15) is 0 Å². The molecule has 110 valence electrons. The van der Waals surface area contributed by atoms with E-state index in [0.29, 0.717) is 24.1 Å². The van der Waals surface area contributed by atoms with E-state index in [-0.39, 0.29) is 10.6 Å². The van der Waals surface area contributed by atoms with Crippen LogP contribution in [0.15, 0.2) is 18.2 Å². The number of aryl methyl sites for hydroxylation is 1. The van der Waals surface area contributed by atoms with E-state index in [4.69, 9.17) is 5.73 Å². The van der Waals surface area contributed by atoms with Crippen LogP contribution in [0.2, 0.25) is 0 Å². The minimum Gasteiger partial charge on any atom is -0.368 e. The Morgan fingerprint density at radius 2 is 2.20 bits per heavy atom. The smallest absolute Gasteiger partial charge is 0.274 e. The first kappa shape index (κ1) is 14.8. The molecule has 5 heteroatoms. The third-order valence-electron chi connectivity index (χ3n) is 4.38. The van der Waals surface area contributed by atoms with E-state index in [0.717, 1.165) is 25.1 Å². The van der Waals surface area contributed by atoms with Crippen LogP contribution in [-0.4, -0.2) is 24.1 Å². The molecule has 0 heterocycles. The van der Waals surface area contributed by atoms with Crippen molar-refractivity contribution in [3.05, 3.63) is 33.9 Å². The first-order valence-electron chi connectivity index (χ1n) is 7.30. The number of rotatable bonds is 5. The summed E-state index contributed by atoms with van der Waals surface area (Å²) in [4.78, 5) is 13.1. The summed E-state index contributed by atoms with van der Waals surface area (Å²) in [5, 5.41) is 11.1. The summed E-state index contributed by atoms with van der Waals surface area (Å²) in [5.74, 6) is 0.496. The fourth-order valence-corrected chi connectivity index (χ4v) is 3.28. The number of anilines is 1. The summed E-state index contributed by atoms with van der Waals surface area (Å²) >= 11 is 0. The first-order valence-corrected chi connectivity index (χ1v) is 7.30. The van der Waals surface area contributed by atoms with E-state index >= 15 is 0 Å². The van der Waals surface area contributed by atoms with E-state index in [1.165, 1.54) is 6.42 Å². The molecular formula is C15H23N3O2. The number of nitrogens with zero attached hydrogens (tertiary/aromatic N) is 2. The number of nitrogens with two attached hydrogens (primary N) is 1. The Morgan fingerprint density at radius 3 is 2.80 bits per heavy atom. The molecule has 0 aliphatic heterocycles. The highest BCUT2D eigenvalue weighted by molar-refractivity contribution is 5.57. The second-order valence-electron chi connectivity index (χ2n) is 5.51. The maximum Gasteiger partial charge on any atom is 0.274 e. The molecule has 0 radical (unpaired) electrons. The maximum absolute atomic E-state index is 11.1. The Morgan fingerprint density at radius 1 is 1.45 bits per heavy atom. The Kier molecular flexibility index (Phi) is 4.60. The molecule has 0 aromatic heterocycles. The van der Waals surface area contributed by atoms with Gasteiger partial charge in [-0.25, -0.2) is 0 Å². The highest BCUT2D eigenvalue weighted by Crippen LogP contribution is 2.34. The quantitative estimate of drug-likeness (QED) is 0.663. The third-order valence-corrected chi connectivity index (χ3v) is 4.38. The van der Waals surface area contributed by atoms with Gasteiger partial charge in [0.25, 0.3) is 5.69 Å². The highest BCUT2D eigenvalue weighted by Gasteiger charge is 2.31. The number of hydrogen-bond donors (Lipinski definition) is 1. The van der Waals surface area contributed by atoms with Crippen molar-refractivity contribution in [1.29, 1.82) is 0 Å². The normalized spacial score (nSPS) is 21.9. The summed E-state index contributed by atoms with van der Waals surface area (Å²) in [6.07, 6.45) is 3.47. The lowest BCUT2D eigenvalue weighted by Crippen LogP contribution is -2.40. The number of nitro benzene ring substituents is 1. The second-order valence-corrected chi connectivity index (χ2v) is 5.51. The van der Waals surface area contributed by atoms with Gasteiger partial charge < -0.3 is 10.6 Å². The van der Waals surface area contributed by atoms with Gasteiger partial charge in [-0.3, -0.25) is 10.1 Å². The average Bonchev–Trinajstić information content (AvgIpc) is 2.89. The van der Waals surface area contributed by atoms with Crippen molar-refractivity contribution in [3.8, 4) is 0 Å². The molecule has 1 aliphatic rings. The van der Waals surface area contributed by atoms with E-state index in [1.54, 1.807) is 13.0 Å². The van der Waals surface area contributed by atoms with Gasteiger partial charge in [0.2, 0.25) is 0 Å². The van der Waals surface area contributed by atoms with Gasteiger partial charge in [0, 0.05) is 29.9 Å². The molecule has 1 aromatic carbocycles. The Labute approximate surface area is 119 Å². The van der Waals surface area contributed by atoms with Crippen LogP contribution >= 0.6 is 0 Å². The van der Waals surface area contributed by atoms with Crippen LogP contribution in [0.1, 0.15) is 31.7 Å². The minimum atomic E-state index is -0.304. The van der Waals surface area contributed by atoms with Crippen molar-refractivity contribution in [1.82, 2.24) is 0 Å². The van der Waals surface area contributed by atoms with Crippen molar-refractivity contribution >= 4 is 11.4 Å². The lowest BCUT2D eigenvalue weighted by molar-refractivity contribution is -0.385. The SMILES string of the molecule is CCN(c1ccc(C)c([N+](=O)[O-])c1)C1CCCC1CN. The van der Waals surface area contributed by atoms with Crippen molar-refractivity contribution in [2.75, 3.05) is 18.0 Å². The van der Waals surface area contributed by atoms with Crippen molar-refractivity contribution in [3.63, 3.8) is 0 Å². The number of nitro groups is 1. The maximum atomic E-state index is 11.1. The Bertz CT molecular complexity index is 490. The van der Waals surface area contributed by atoms with Crippen LogP contribution in [0.3, 0.4) is 0 Å². The van der Waals surface area contributed by atoms with Gasteiger partial charge in [-0.15, -0.1) is 0 Å². The van der Waals surface area contributed by atoms with Crippen molar-refractivity contribution in [2.45, 2.75) is 39.2 Å². The second kappa shape index (κ2) is 6.22. The summed E-state index contributed by atoms with van der Waals surface area (Å²) in [7, 11) is 0. The standard InChI is InChI=1S/C15H23N3O2/c1-3-17(14-6-4-5-12(14)10-16)13-8-7-11(2)15(9-13)18(19)20/h7-9,12,14H,3-6,10,16H2,1-2H3. The van der Waals surface area contributed by atoms with Crippen LogP contribution in [-0.2, 0) is 0 Å². The molecule has 1 aliphatic carbocycles. The molecule has 0 bridgehead atoms. The number of hydrogen-bond acceptors (Lipinski definition) is 4. The number of benzene rings is 1. The molecule has 0 saturated heterocycles. The Balaban J connectivity index is 2.32. The molecule has 20 heavy (non-hydrogen) atoms. The monoisotopic (exact) mass is 277 g/mol. The fourth-order valence-electron chi connectivity index (χ4n) is 3.28. The summed E-state index contributed by atoms with van der Waals surface area (Å²) in [6, 6.07) is 5.93. The topological polar surface area (TPSA) is 72.4 Å². The van der Waals surface area contributed by atoms with E-state index in [9.17, 15) is 10.1 Å². The molecule has 0 spiro atoms. The average molecular weight is 277 g/mol. The predicted molar refractivity (Wildman–Crippen MR) is 81.0 cm³/mol. The zero-order chi connectivity index (χ0) is 14.7. The molecule has 2 unspecified atom stereocenters. The molecule has 1 aromatic rings. The molecule has 1 saturated carbocycles. The zero-order valence-corrected chi connectivity index (χ0v) is 12.2. The summed E-state index contributed by atoms with van der Waals surface area (Å²) in [5.41, 5.74) is 7.70. The van der Waals surface area contributed by atoms with Gasteiger partial charge in [-0.1, -0.05) is 12.5 Å². The molecular weight excluding hydrogens is 254 g/mol. The molecule has 5 nitrogen and oxygen atoms in total. The molecule has 0 amide bonds. The van der Waals surface area contributed by atoms with Gasteiger partial charge in [-0.05, 0) is 45.2 Å². The van der Waals surface area contributed by atoms with Gasteiger partial charge in [0.05, 0.1) is 4.92 Å². The molecule has 2 rings (SSSR count). The zero-order valence-electron chi connectivity index (χ0n) is 12.2. The lowest BCUT2D eigenvalue weighted by Gasteiger charge is -2.33. The predicted octanol–water partition coefficient (Wildman–Crippen LogP) is 2.86. The molecule has 1 fully saturated rings. The summed E-state index contributed by atoms with van der Waals surface area (Å²) in [6.45, 7) is 5.41. The van der Waals surface area contributed by atoms with Crippen LogP contribution < -0.4 is 10.6 Å². The fraction of sp³-hybridized carbons (Fsp3) is 0.600. The summed E-state index contributed by atoms with van der Waals surface area (Å²) < 4.78 is 0. The molecule has 2 atom stereocenters. The lowest BCUT2D eigenvalue weighted by atomic mass is 10.0. The minimum absolute atomic E-state index is 0.197. The first-order chi connectivity index (χ1) is 9.58. The van der Waals surface area contributed by atoms with Gasteiger partial charge >= 0.3 is 0 Å². The van der Waals surface area contributed by atoms with E-state index in [2.05, 4.69) is 11.8 Å². The van der Waals surface area contributed by atoms with E-state index in [1.807, 2.05) is 12.1 Å². The van der Waals surface area contributed by atoms with Crippen molar-refractivity contribution in [2.24, 2.45) is 11.7 Å². The third kappa shape index (κ3) is 2.77. The largest absolute Gasteiger partial charge is 0.368 e. The van der Waals surface area contributed by atoms with Crippen LogP contribution in [0, 0.1) is 23.0 Å². The van der Waals surface area contributed by atoms with Crippen molar-refractivity contribution < 1.29 is 4.92 Å². The van der Waals surface area contributed by atoms with Crippen LogP contribution in [0.4, 0.5) is 11.4 Å². The van der Waals surface area contributed by atoms with E-state index < -0.39 is 0 Å². The highest BCUT2D eigenvalue weighted by atomic mass is 16.6. The molecule has 2 N–H and O–H groups in total. The van der Waals surface area contributed by atoms with Gasteiger partial charge in [0.15, 0.2) is 0 Å². The van der Waals surface area contributed by atoms with Crippen LogP contribution in [0.25, 0.3) is 0 Å². The van der Waals surface area contributed by atoms with Crippen LogP contribution in [0.5, 0.6) is 0 Å².